The van der Waals surface area contributed by atoms with E-state index in [1.165, 1.54) is 16.7 Å². The molecule has 0 aromatic carbocycles. The average Bonchev–Trinajstić information content (AvgIpc) is 2.96. The molecule has 0 fully saturated rings. The predicted octanol–water partition coefficient (Wildman–Crippen LogP) is 0.872. The first-order valence-corrected chi connectivity index (χ1v) is 15.0. The van der Waals surface area contributed by atoms with Crippen LogP contribution in [0.1, 0.15) is 61.8 Å². The largest absolute Gasteiger partial charge is 1.00 e. The second-order valence-electron chi connectivity index (χ2n) is 9.02. The smallest absolute Gasteiger partial charge is 1.00 e. The first-order chi connectivity index (χ1) is 10.7. The average molecular weight is 491 g/mol. The minimum Gasteiger partial charge on any atom is -1.00 e. The van der Waals surface area contributed by atoms with Crippen molar-refractivity contribution in [1.29, 1.82) is 0 Å². The molecule has 0 aliphatic heterocycles. The summed E-state index contributed by atoms with van der Waals surface area (Å²) in [6.07, 6.45) is 14.3. The van der Waals surface area contributed by atoms with Gasteiger partial charge in [-0.05, 0) is 10.8 Å². The van der Waals surface area contributed by atoms with E-state index in [4.69, 9.17) is 0 Å². The van der Waals surface area contributed by atoms with Crippen LogP contribution in [0.3, 0.4) is 0 Å². The van der Waals surface area contributed by atoms with E-state index in [1.807, 2.05) is 0 Å². The molecule has 1 unspecified atom stereocenters. The molecule has 1 atom stereocenters. The SMILES string of the molecule is CC1=CC(C(C)(C)C)[C-]=C1.CC1=[C-]CC(C(C)(C)C)=C1.C[Si](C)=[Zr+2].[Cl-].[Cl-]. The van der Waals surface area contributed by atoms with Crippen LogP contribution in [0.2, 0.25) is 13.1 Å². The summed E-state index contributed by atoms with van der Waals surface area (Å²) in [6.45, 7) is 22.3. The van der Waals surface area contributed by atoms with Crippen molar-refractivity contribution in [1.82, 2.24) is 0 Å². The monoisotopic (exact) mass is 488 g/mol. The fourth-order valence-electron chi connectivity index (χ4n) is 2.16. The molecule has 0 N–H and O–H groups in total. The molecule has 0 nitrogen and oxygen atoms in total. The second kappa shape index (κ2) is 13.8. The summed E-state index contributed by atoms with van der Waals surface area (Å²) >= 11 is 1.74. The van der Waals surface area contributed by atoms with Gasteiger partial charge in [-0.1, -0.05) is 54.4 Å². The molecule has 2 aliphatic rings. The van der Waals surface area contributed by atoms with Crippen LogP contribution >= 0.6 is 0 Å². The van der Waals surface area contributed by atoms with E-state index in [0.717, 1.165) is 6.42 Å². The molecule has 0 spiro atoms. The summed E-state index contributed by atoms with van der Waals surface area (Å²) in [4.78, 5) is 0. The Labute approximate surface area is 191 Å². The van der Waals surface area contributed by atoms with Gasteiger partial charge in [0, 0.05) is 0 Å². The fourth-order valence-corrected chi connectivity index (χ4v) is 2.16. The molecule has 0 aromatic heterocycles. The van der Waals surface area contributed by atoms with Crippen LogP contribution in [-0.4, -0.2) is 5.43 Å². The summed E-state index contributed by atoms with van der Waals surface area (Å²) in [6, 6.07) is 0. The normalized spacial score (nSPS) is 18.0. The van der Waals surface area contributed by atoms with Crippen LogP contribution < -0.4 is 24.8 Å². The van der Waals surface area contributed by atoms with Crippen molar-refractivity contribution in [3.63, 3.8) is 0 Å². The van der Waals surface area contributed by atoms with Crippen LogP contribution in [-0.2, 0) is 23.3 Å². The minimum atomic E-state index is 0. The molecule has 0 aromatic rings. The Bertz CT molecular complexity index is 552. The fraction of sp³-hybridized carbons (Fsp3) is 0.636. The molecule has 0 saturated carbocycles. The number of rotatable bonds is 0. The van der Waals surface area contributed by atoms with Crippen molar-refractivity contribution in [2.75, 3.05) is 0 Å². The van der Waals surface area contributed by atoms with Crippen molar-refractivity contribution in [2.24, 2.45) is 16.7 Å². The van der Waals surface area contributed by atoms with Crippen LogP contribution in [0.15, 0.2) is 34.9 Å². The Balaban J connectivity index is -0.000000319. The van der Waals surface area contributed by atoms with Gasteiger partial charge in [0.2, 0.25) is 0 Å². The van der Waals surface area contributed by atoms with Gasteiger partial charge in [0.25, 0.3) is 0 Å². The van der Waals surface area contributed by atoms with Crippen LogP contribution in [0.5, 0.6) is 0 Å². The van der Waals surface area contributed by atoms with Gasteiger partial charge in [-0.3, -0.25) is 12.2 Å². The van der Waals surface area contributed by atoms with E-state index in [9.17, 15) is 0 Å². The molecular formula is C22H36Cl2SiZr-2. The van der Waals surface area contributed by atoms with E-state index >= 15 is 0 Å². The number of hydrogen-bond donors (Lipinski definition) is 0. The standard InChI is InChI=1S/2C10H15.C2H6Si.2ClH.Zr/c2*1-8-5-6-9(7-8)10(2,3)4;1-3-2;;;/h7H,6H2,1-4H3;5,7,9H,1-4H3;1-2H3;2*1H;/q2*-1;;;;+2/p-2. The third-order valence-corrected chi connectivity index (χ3v) is 3.76. The molecular weight excluding hydrogens is 454 g/mol. The third kappa shape index (κ3) is 14.7. The van der Waals surface area contributed by atoms with Crippen LogP contribution in [0.4, 0.5) is 0 Å². The van der Waals surface area contributed by atoms with Gasteiger partial charge in [-0.15, -0.1) is 13.3 Å². The van der Waals surface area contributed by atoms with E-state index in [2.05, 4.69) is 98.9 Å². The van der Waals surface area contributed by atoms with E-state index in [-0.39, 0.29) is 30.2 Å². The van der Waals surface area contributed by atoms with Crippen molar-refractivity contribution >= 4 is 5.43 Å². The maximum Gasteiger partial charge on any atom is -1.00 e. The number of allylic oxidation sites excluding steroid dienone is 8. The number of halogens is 2. The molecule has 2 aliphatic carbocycles. The first kappa shape index (κ1) is 31.3. The maximum absolute atomic E-state index is 3.33. The Morgan fingerprint density at radius 1 is 1.04 bits per heavy atom. The van der Waals surface area contributed by atoms with Crippen LogP contribution in [0, 0.1) is 28.9 Å². The van der Waals surface area contributed by atoms with Crippen molar-refractivity contribution in [3.05, 3.63) is 47.1 Å². The first-order valence-electron chi connectivity index (χ1n) is 8.81. The molecule has 148 valence electrons. The number of hydrogen-bond acceptors (Lipinski definition) is 0. The molecule has 4 heteroatoms. The summed E-state index contributed by atoms with van der Waals surface area (Å²) in [5.74, 6) is 0.521. The van der Waals surface area contributed by atoms with Gasteiger partial charge >= 0.3 is 41.9 Å². The third-order valence-electron chi connectivity index (χ3n) is 3.76. The maximum atomic E-state index is 3.33. The van der Waals surface area contributed by atoms with Gasteiger partial charge in [0.15, 0.2) is 0 Å². The van der Waals surface area contributed by atoms with E-state index in [1.54, 1.807) is 23.3 Å². The summed E-state index contributed by atoms with van der Waals surface area (Å²) < 4.78 is 0. The zero-order valence-corrected chi connectivity index (χ0v) is 23.2. The molecule has 0 bridgehead atoms. The van der Waals surface area contributed by atoms with Crippen molar-refractivity contribution < 1.29 is 48.1 Å². The van der Waals surface area contributed by atoms with Crippen molar-refractivity contribution in [2.45, 2.75) is 74.9 Å². The van der Waals surface area contributed by atoms with Gasteiger partial charge in [-0.2, -0.15) is 11.6 Å². The summed E-state index contributed by atoms with van der Waals surface area (Å²) in [5, 5.41) is 0. The van der Waals surface area contributed by atoms with Gasteiger partial charge < -0.3 is 24.8 Å². The van der Waals surface area contributed by atoms with Gasteiger partial charge in [0.05, 0.1) is 0 Å². The Morgan fingerprint density at radius 2 is 1.50 bits per heavy atom. The van der Waals surface area contributed by atoms with Gasteiger partial charge in [0.1, 0.15) is 0 Å². The second-order valence-corrected chi connectivity index (χ2v) is 18.4. The topological polar surface area (TPSA) is 0 Å². The Hall–Kier alpha value is 0.640. The molecule has 0 saturated heterocycles. The Morgan fingerprint density at radius 3 is 1.65 bits per heavy atom. The molecule has 0 radical (unpaired) electrons. The molecule has 0 amide bonds. The van der Waals surface area contributed by atoms with E-state index in [0.29, 0.717) is 16.7 Å². The molecule has 26 heavy (non-hydrogen) atoms. The zero-order valence-electron chi connectivity index (χ0n) is 18.3. The minimum absolute atomic E-state index is 0. The quantitative estimate of drug-likeness (QED) is 0.349. The molecule has 2 rings (SSSR count). The van der Waals surface area contributed by atoms with Crippen molar-refractivity contribution in [3.8, 4) is 0 Å². The predicted molar refractivity (Wildman–Crippen MR) is 107 cm³/mol. The van der Waals surface area contributed by atoms with E-state index < -0.39 is 0 Å². The van der Waals surface area contributed by atoms with Gasteiger partial charge in [-0.25, -0.2) is 23.3 Å². The molecule has 0 heterocycles. The summed E-state index contributed by atoms with van der Waals surface area (Å²) in [7, 11) is 0. The summed E-state index contributed by atoms with van der Waals surface area (Å²) in [5.41, 5.74) is 5.04. The Kier molecular flexibility index (Phi) is 16.6. The zero-order chi connectivity index (χ0) is 19.1. The van der Waals surface area contributed by atoms with Crippen LogP contribution in [0.25, 0.3) is 0 Å².